The predicted molar refractivity (Wildman–Crippen MR) is 118 cm³/mol. The summed E-state index contributed by atoms with van der Waals surface area (Å²) in [5, 5.41) is 0. The maximum atomic E-state index is 12.8. The molecule has 0 spiro atoms. The molecule has 29 heavy (non-hydrogen) atoms. The van der Waals surface area contributed by atoms with Gasteiger partial charge in [0.25, 0.3) is 5.56 Å². The van der Waals surface area contributed by atoms with Crippen LogP contribution < -0.4 is 10.5 Å². The molecule has 0 unspecified atom stereocenters. The van der Waals surface area contributed by atoms with Crippen molar-refractivity contribution in [3.05, 3.63) is 92.9 Å². The maximum absolute atomic E-state index is 12.8. The standard InChI is InChI=1S/C24H28N4O/c1-18-7-6-10-21(15-18)16-22-19(2)25-24(26-23(22)29)28-13-11-27(12-14-28)17-20-8-4-3-5-9-20/h3-10,15H,11-14,16-17H2,1-2H3,(H,25,26,29). The molecule has 2 aromatic carbocycles. The van der Waals surface area contributed by atoms with E-state index in [-0.39, 0.29) is 5.56 Å². The number of hydrogen-bond donors (Lipinski definition) is 1. The Morgan fingerprint density at radius 2 is 1.66 bits per heavy atom. The van der Waals surface area contributed by atoms with Crippen LogP contribution in [0.25, 0.3) is 0 Å². The number of aryl methyl sites for hydroxylation is 2. The van der Waals surface area contributed by atoms with Crippen LogP contribution in [0.4, 0.5) is 5.95 Å². The Bertz CT molecular complexity index is 1020. The van der Waals surface area contributed by atoms with Crippen LogP contribution >= 0.6 is 0 Å². The normalized spacial score (nSPS) is 14.9. The Balaban J connectivity index is 1.43. The van der Waals surface area contributed by atoms with E-state index in [4.69, 9.17) is 4.98 Å². The molecule has 150 valence electrons. The highest BCUT2D eigenvalue weighted by molar-refractivity contribution is 5.36. The molecule has 0 radical (unpaired) electrons. The minimum Gasteiger partial charge on any atom is -0.340 e. The van der Waals surface area contributed by atoms with E-state index in [0.29, 0.717) is 12.4 Å². The Kier molecular flexibility index (Phi) is 5.76. The minimum atomic E-state index is -0.0271. The van der Waals surface area contributed by atoms with E-state index in [1.807, 2.05) is 13.0 Å². The highest BCUT2D eigenvalue weighted by Gasteiger charge is 2.20. The largest absolute Gasteiger partial charge is 0.340 e. The van der Waals surface area contributed by atoms with Gasteiger partial charge in [0.05, 0.1) is 5.69 Å². The van der Waals surface area contributed by atoms with Gasteiger partial charge < -0.3 is 4.90 Å². The van der Waals surface area contributed by atoms with Gasteiger partial charge in [-0.15, -0.1) is 0 Å². The second-order valence-electron chi connectivity index (χ2n) is 7.87. The monoisotopic (exact) mass is 388 g/mol. The second kappa shape index (κ2) is 8.62. The molecule has 5 heteroatoms. The van der Waals surface area contributed by atoms with Crippen LogP contribution in [0.3, 0.4) is 0 Å². The first kappa shape index (κ1) is 19.4. The average molecular weight is 389 g/mol. The molecule has 3 aromatic rings. The van der Waals surface area contributed by atoms with Gasteiger partial charge in [-0.3, -0.25) is 14.7 Å². The molecule has 2 heterocycles. The van der Waals surface area contributed by atoms with E-state index in [1.165, 1.54) is 11.1 Å². The van der Waals surface area contributed by atoms with Crippen LogP contribution in [0.5, 0.6) is 0 Å². The summed E-state index contributed by atoms with van der Waals surface area (Å²) in [6.07, 6.45) is 0.612. The van der Waals surface area contributed by atoms with E-state index in [9.17, 15) is 4.79 Å². The number of aromatic nitrogens is 2. The number of rotatable bonds is 5. The Hall–Kier alpha value is -2.92. The lowest BCUT2D eigenvalue weighted by Crippen LogP contribution is -2.47. The molecule has 0 aliphatic carbocycles. The quantitative estimate of drug-likeness (QED) is 0.729. The van der Waals surface area contributed by atoms with Gasteiger partial charge in [0.15, 0.2) is 0 Å². The first-order chi connectivity index (χ1) is 14.1. The lowest BCUT2D eigenvalue weighted by molar-refractivity contribution is 0.248. The fourth-order valence-electron chi connectivity index (χ4n) is 3.94. The van der Waals surface area contributed by atoms with Gasteiger partial charge in [0.2, 0.25) is 5.95 Å². The SMILES string of the molecule is Cc1cccc(Cc2c(C)nc(N3CCN(Cc4ccccc4)CC3)[nH]c2=O)c1. The molecule has 0 amide bonds. The van der Waals surface area contributed by atoms with Crippen LogP contribution in [0.15, 0.2) is 59.4 Å². The summed E-state index contributed by atoms with van der Waals surface area (Å²) in [5.41, 5.74) is 5.22. The summed E-state index contributed by atoms with van der Waals surface area (Å²) in [4.78, 5) is 25.2. The minimum absolute atomic E-state index is 0.0271. The molecule has 0 atom stereocenters. The first-order valence-corrected chi connectivity index (χ1v) is 10.2. The van der Waals surface area contributed by atoms with Gasteiger partial charge in [-0.1, -0.05) is 60.2 Å². The number of nitrogens with one attached hydrogen (secondary N) is 1. The number of anilines is 1. The first-order valence-electron chi connectivity index (χ1n) is 10.2. The number of nitrogens with zero attached hydrogens (tertiary/aromatic N) is 3. The van der Waals surface area contributed by atoms with Crippen molar-refractivity contribution in [2.24, 2.45) is 0 Å². The predicted octanol–water partition coefficient (Wildman–Crippen LogP) is 3.30. The highest BCUT2D eigenvalue weighted by atomic mass is 16.1. The molecule has 0 bridgehead atoms. The molecule has 1 aliphatic rings. The summed E-state index contributed by atoms with van der Waals surface area (Å²) in [6.45, 7) is 8.63. The van der Waals surface area contributed by atoms with Crippen molar-refractivity contribution >= 4 is 5.95 Å². The van der Waals surface area contributed by atoms with Crippen molar-refractivity contribution < 1.29 is 0 Å². The number of hydrogen-bond acceptors (Lipinski definition) is 4. The smallest absolute Gasteiger partial charge is 0.256 e. The van der Waals surface area contributed by atoms with E-state index in [0.717, 1.165) is 49.5 Å². The van der Waals surface area contributed by atoms with Gasteiger partial charge in [-0.05, 0) is 25.0 Å². The third kappa shape index (κ3) is 4.74. The molecule has 4 rings (SSSR count). The zero-order chi connectivity index (χ0) is 20.2. The fraction of sp³-hybridized carbons (Fsp3) is 0.333. The number of benzene rings is 2. The van der Waals surface area contributed by atoms with Gasteiger partial charge in [-0.25, -0.2) is 4.98 Å². The van der Waals surface area contributed by atoms with Crippen LogP contribution in [0, 0.1) is 13.8 Å². The van der Waals surface area contributed by atoms with Gasteiger partial charge in [-0.2, -0.15) is 0 Å². The molecule has 0 saturated carbocycles. The van der Waals surface area contributed by atoms with E-state index in [2.05, 4.69) is 70.2 Å². The molecule has 1 aliphatic heterocycles. The molecule has 5 nitrogen and oxygen atoms in total. The van der Waals surface area contributed by atoms with Crippen molar-refractivity contribution in [3.63, 3.8) is 0 Å². The van der Waals surface area contributed by atoms with Crippen LogP contribution in [-0.4, -0.2) is 41.0 Å². The van der Waals surface area contributed by atoms with Crippen molar-refractivity contribution in [2.75, 3.05) is 31.1 Å². The molecular formula is C24H28N4O. The second-order valence-corrected chi connectivity index (χ2v) is 7.87. The van der Waals surface area contributed by atoms with Gasteiger partial charge >= 0.3 is 0 Å². The van der Waals surface area contributed by atoms with Crippen molar-refractivity contribution in [3.8, 4) is 0 Å². The summed E-state index contributed by atoms with van der Waals surface area (Å²) in [5.74, 6) is 0.694. The topological polar surface area (TPSA) is 52.2 Å². The lowest BCUT2D eigenvalue weighted by atomic mass is 10.0. The van der Waals surface area contributed by atoms with Crippen LogP contribution in [-0.2, 0) is 13.0 Å². The van der Waals surface area contributed by atoms with Crippen LogP contribution in [0.2, 0.25) is 0 Å². The average Bonchev–Trinajstić information content (AvgIpc) is 2.72. The van der Waals surface area contributed by atoms with E-state index in [1.54, 1.807) is 0 Å². The third-order valence-corrected chi connectivity index (χ3v) is 5.59. The Morgan fingerprint density at radius 1 is 0.931 bits per heavy atom. The molecule has 1 N–H and O–H groups in total. The fourth-order valence-corrected chi connectivity index (χ4v) is 3.94. The van der Waals surface area contributed by atoms with Gasteiger partial charge in [0.1, 0.15) is 0 Å². The lowest BCUT2D eigenvalue weighted by Gasteiger charge is -2.35. The van der Waals surface area contributed by atoms with Crippen molar-refractivity contribution in [2.45, 2.75) is 26.8 Å². The zero-order valence-electron chi connectivity index (χ0n) is 17.2. The zero-order valence-corrected chi connectivity index (χ0v) is 17.2. The third-order valence-electron chi connectivity index (χ3n) is 5.59. The van der Waals surface area contributed by atoms with E-state index >= 15 is 0 Å². The van der Waals surface area contributed by atoms with Crippen LogP contribution in [0.1, 0.15) is 27.9 Å². The van der Waals surface area contributed by atoms with E-state index < -0.39 is 0 Å². The molecule has 1 fully saturated rings. The summed E-state index contributed by atoms with van der Waals surface area (Å²) in [6, 6.07) is 18.8. The Morgan fingerprint density at radius 3 is 2.34 bits per heavy atom. The molecule has 1 saturated heterocycles. The summed E-state index contributed by atoms with van der Waals surface area (Å²) < 4.78 is 0. The maximum Gasteiger partial charge on any atom is 0.256 e. The number of aromatic amines is 1. The van der Waals surface area contributed by atoms with Gasteiger partial charge in [0, 0.05) is 44.7 Å². The van der Waals surface area contributed by atoms with Crippen molar-refractivity contribution in [1.29, 1.82) is 0 Å². The summed E-state index contributed by atoms with van der Waals surface area (Å²) in [7, 11) is 0. The number of piperazine rings is 1. The van der Waals surface area contributed by atoms with Crippen molar-refractivity contribution in [1.82, 2.24) is 14.9 Å². The number of H-pyrrole nitrogens is 1. The summed E-state index contributed by atoms with van der Waals surface area (Å²) >= 11 is 0. The Labute approximate surface area is 172 Å². The molecule has 1 aromatic heterocycles. The molecular weight excluding hydrogens is 360 g/mol. The highest BCUT2D eigenvalue weighted by Crippen LogP contribution is 2.16.